The number of aryl methyl sites for hydroxylation is 2. The SMILES string of the molecule is C[C@@H]1CN(C(=NC2C[C@@H]3C[C@H]([C@@H]2C)C3(C)C)Nc2ccc3c(=O)n(CCc4ccc(Cl)cc4)cnc3c2)C[C@H](C)N1. The molecule has 2 aromatic carbocycles. The fourth-order valence-electron chi connectivity index (χ4n) is 7.57. The first-order chi connectivity index (χ1) is 19.6. The Bertz CT molecular complexity index is 1490. The van der Waals surface area contributed by atoms with Gasteiger partial charge in [0.05, 0.1) is 23.3 Å². The molecule has 0 radical (unpaired) electrons. The number of aliphatic imine (C=N–C) groups is 1. The summed E-state index contributed by atoms with van der Waals surface area (Å²) < 4.78 is 1.69. The van der Waals surface area contributed by atoms with Crippen LogP contribution in [-0.2, 0) is 13.0 Å². The molecule has 1 aromatic heterocycles. The lowest BCUT2D eigenvalue weighted by molar-refractivity contribution is -0.108. The number of guanidine groups is 1. The van der Waals surface area contributed by atoms with Gasteiger partial charge in [0.15, 0.2) is 5.96 Å². The minimum atomic E-state index is -0.0213. The summed E-state index contributed by atoms with van der Waals surface area (Å²) in [6.45, 7) is 14.1. The number of nitrogens with zero attached hydrogens (tertiary/aromatic N) is 4. The average molecular weight is 575 g/mol. The summed E-state index contributed by atoms with van der Waals surface area (Å²) in [5.41, 5.74) is 3.15. The lowest BCUT2D eigenvalue weighted by atomic mass is 9.45. The van der Waals surface area contributed by atoms with Gasteiger partial charge in [0.1, 0.15) is 0 Å². The maximum atomic E-state index is 13.3. The highest BCUT2D eigenvalue weighted by atomic mass is 35.5. The zero-order valence-corrected chi connectivity index (χ0v) is 25.7. The van der Waals surface area contributed by atoms with Gasteiger partial charge in [0.25, 0.3) is 5.56 Å². The van der Waals surface area contributed by atoms with Crippen molar-refractivity contribution in [2.75, 3.05) is 18.4 Å². The summed E-state index contributed by atoms with van der Waals surface area (Å²) in [4.78, 5) is 25.8. The summed E-state index contributed by atoms with van der Waals surface area (Å²) in [5, 5.41) is 8.66. The van der Waals surface area contributed by atoms with E-state index in [9.17, 15) is 4.79 Å². The molecule has 1 unspecified atom stereocenters. The Morgan fingerprint density at radius 3 is 2.51 bits per heavy atom. The predicted molar refractivity (Wildman–Crippen MR) is 169 cm³/mol. The van der Waals surface area contributed by atoms with Crippen molar-refractivity contribution >= 4 is 34.2 Å². The Morgan fingerprint density at radius 1 is 1.10 bits per heavy atom. The molecular formula is C33H43ClN6O. The second-order valence-corrected chi connectivity index (χ2v) is 13.8. The van der Waals surface area contributed by atoms with Crippen LogP contribution in [0, 0.1) is 23.2 Å². The number of rotatable bonds is 5. The first-order valence-corrected chi connectivity index (χ1v) is 15.6. The fourth-order valence-corrected chi connectivity index (χ4v) is 7.69. The second kappa shape index (κ2) is 11.1. The lowest BCUT2D eigenvalue weighted by Gasteiger charge is -2.61. The van der Waals surface area contributed by atoms with Gasteiger partial charge < -0.3 is 15.5 Å². The number of benzene rings is 2. The molecule has 3 aromatic rings. The van der Waals surface area contributed by atoms with Gasteiger partial charge >= 0.3 is 0 Å². The van der Waals surface area contributed by atoms with Crippen LogP contribution in [0.4, 0.5) is 5.69 Å². The van der Waals surface area contributed by atoms with Crippen molar-refractivity contribution < 1.29 is 0 Å². The van der Waals surface area contributed by atoms with Crippen LogP contribution >= 0.6 is 11.6 Å². The molecule has 1 saturated heterocycles. The molecule has 7 nitrogen and oxygen atoms in total. The zero-order valence-electron chi connectivity index (χ0n) is 24.9. The molecule has 1 aliphatic heterocycles. The van der Waals surface area contributed by atoms with Crippen molar-refractivity contribution in [1.29, 1.82) is 0 Å². The lowest BCUT2D eigenvalue weighted by Crippen LogP contribution is -2.59. The third-order valence-corrected chi connectivity index (χ3v) is 10.3. The van der Waals surface area contributed by atoms with Gasteiger partial charge in [0.2, 0.25) is 0 Å². The van der Waals surface area contributed by atoms with Crippen LogP contribution in [0.5, 0.6) is 0 Å². The highest BCUT2D eigenvalue weighted by Gasteiger charge is 2.56. The first kappa shape index (κ1) is 28.2. The van der Waals surface area contributed by atoms with E-state index in [4.69, 9.17) is 16.6 Å². The largest absolute Gasteiger partial charge is 0.340 e. The van der Waals surface area contributed by atoms with E-state index in [-0.39, 0.29) is 5.56 Å². The topological polar surface area (TPSA) is 74.5 Å². The Labute approximate surface area is 248 Å². The molecule has 7 rings (SSSR count). The Morgan fingerprint density at radius 2 is 1.83 bits per heavy atom. The molecule has 3 saturated carbocycles. The number of anilines is 1. The highest BCUT2D eigenvalue weighted by Crippen LogP contribution is 2.61. The monoisotopic (exact) mass is 574 g/mol. The average Bonchev–Trinajstić information content (AvgIpc) is 2.93. The van der Waals surface area contributed by atoms with Crippen molar-refractivity contribution in [1.82, 2.24) is 19.8 Å². The van der Waals surface area contributed by atoms with E-state index in [2.05, 4.69) is 55.1 Å². The van der Waals surface area contributed by atoms with Crippen LogP contribution in [0.3, 0.4) is 0 Å². The molecule has 3 aliphatic carbocycles. The van der Waals surface area contributed by atoms with Crippen LogP contribution in [-0.4, -0.2) is 51.6 Å². The van der Waals surface area contributed by atoms with E-state index in [1.165, 1.54) is 6.42 Å². The minimum Gasteiger partial charge on any atom is -0.340 e. The molecule has 4 aliphatic rings. The summed E-state index contributed by atoms with van der Waals surface area (Å²) in [6.07, 6.45) is 4.90. The molecule has 4 fully saturated rings. The van der Waals surface area contributed by atoms with Crippen molar-refractivity contribution in [3.8, 4) is 0 Å². The van der Waals surface area contributed by atoms with Crippen molar-refractivity contribution in [3.63, 3.8) is 0 Å². The number of aromatic nitrogens is 2. The molecule has 41 heavy (non-hydrogen) atoms. The van der Waals surface area contributed by atoms with Crippen LogP contribution in [0.2, 0.25) is 5.02 Å². The van der Waals surface area contributed by atoms with Gasteiger partial charge in [-0.3, -0.25) is 9.36 Å². The molecule has 218 valence electrons. The third-order valence-electron chi connectivity index (χ3n) is 10.1. The molecule has 6 atom stereocenters. The van der Waals surface area contributed by atoms with Gasteiger partial charge in [-0.05, 0) is 92.2 Å². The van der Waals surface area contributed by atoms with E-state index in [0.717, 1.165) is 55.0 Å². The first-order valence-electron chi connectivity index (χ1n) is 15.2. The number of piperazine rings is 1. The highest BCUT2D eigenvalue weighted by molar-refractivity contribution is 6.30. The summed E-state index contributed by atoms with van der Waals surface area (Å²) in [7, 11) is 0. The van der Waals surface area contributed by atoms with E-state index < -0.39 is 0 Å². The smallest absolute Gasteiger partial charge is 0.261 e. The van der Waals surface area contributed by atoms with Crippen LogP contribution in [0.25, 0.3) is 10.9 Å². The van der Waals surface area contributed by atoms with Gasteiger partial charge in [-0.15, -0.1) is 0 Å². The van der Waals surface area contributed by atoms with Gasteiger partial charge in [-0.2, -0.15) is 0 Å². The number of nitrogens with one attached hydrogen (secondary N) is 2. The van der Waals surface area contributed by atoms with E-state index in [0.29, 0.717) is 51.9 Å². The summed E-state index contributed by atoms with van der Waals surface area (Å²) in [6, 6.07) is 14.7. The Kier molecular flexibility index (Phi) is 7.62. The zero-order chi connectivity index (χ0) is 28.9. The second-order valence-electron chi connectivity index (χ2n) is 13.3. The molecule has 0 amide bonds. The van der Waals surface area contributed by atoms with Crippen LogP contribution in [0.15, 0.2) is 58.6 Å². The van der Waals surface area contributed by atoms with E-state index in [1.807, 2.05) is 42.5 Å². The molecule has 0 spiro atoms. The van der Waals surface area contributed by atoms with Gasteiger partial charge in [-0.1, -0.05) is 44.5 Å². The van der Waals surface area contributed by atoms with E-state index >= 15 is 0 Å². The number of hydrogen-bond donors (Lipinski definition) is 2. The van der Waals surface area contributed by atoms with Crippen LogP contribution in [0.1, 0.15) is 53.0 Å². The fraction of sp³-hybridized carbons (Fsp3) is 0.545. The molecular weight excluding hydrogens is 532 g/mol. The van der Waals surface area contributed by atoms with Crippen LogP contribution < -0.4 is 16.2 Å². The molecule has 2 bridgehead atoms. The van der Waals surface area contributed by atoms with Crippen molar-refractivity contribution in [2.45, 2.75) is 78.6 Å². The molecule has 2 heterocycles. The van der Waals surface area contributed by atoms with Crippen molar-refractivity contribution in [3.05, 3.63) is 69.7 Å². The number of hydrogen-bond acceptors (Lipinski definition) is 4. The van der Waals surface area contributed by atoms with Gasteiger partial charge in [-0.25, -0.2) is 9.98 Å². The summed E-state index contributed by atoms with van der Waals surface area (Å²) in [5.74, 6) is 3.00. The minimum absolute atomic E-state index is 0.0213. The third kappa shape index (κ3) is 5.63. The summed E-state index contributed by atoms with van der Waals surface area (Å²) >= 11 is 6.01. The quantitative estimate of drug-likeness (QED) is 0.297. The molecule has 8 heteroatoms. The Hall–Kier alpha value is -2.90. The molecule has 2 N–H and O–H groups in total. The number of fused-ring (bicyclic) bond motifs is 3. The van der Waals surface area contributed by atoms with E-state index in [1.54, 1.807) is 10.9 Å². The number of halogens is 1. The normalized spacial score (nSPS) is 29.3. The maximum Gasteiger partial charge on any atom is 0.261 e. The standard InChI is InChI=1S/C33H43ClN6O/c1-20-17-40(18-21(2)36-20)32(38-29-15-24-14-28(22(29)3)33(24,4)5)37-26-10-11-27-30(16-26)35-19-39(31(27)41)13-12-23-6-8-25(34)9-7-23/h6-11,16,19-22,24,28-29,36H,12-15,17-18H2,1-5H3,(H,37,38)/t20-,21+,22-,24-,28+,29?/m0/s1. The Balaban J connectivity index is 1.24. The van der Waals surface area contributed by atoms with Crippen molar-refractivity contribution in [2.24, 2.45) is 28.2 Å². The van der Waals surface area contributed by atoms with Gasteiger partial charge in [0, 0.05) is 42.4 Å². The predicted octanol–water partition coefficient (Wildman–Crippen LogP) is 5.81. The maximum absolute atomic E-state index is 13.3.